The lowest BCUT2D eigenvalue weighted by Gasteiger charge is -1.83. The minimum Gasteiger partial charge on any atom is -0.259 e. The molecule has 0 unspecified atom stereocenters. The van der Waals surface area contributed by atoms with Crippen molar-refractivity contribution in [2.45, 2.75) is 19.3 Å². The molecule has 0 aromatic heterocycles. The first kappa shape index (κ1) is 13.9. The van der Waals surface area contributed by atoms with Crippen LogP contribution in [-0.2, 0) is 0 Å². The maximum absolute atomic E-state index is 6.51. The summed E-state index contributed by atoms with van der Waals surface area (Å²) in [6, 6.07) is 9.97. The highest BCUT2D eigenvalue weighted by Gasteiger charge is 1.75. The maximum Gasteiger partial charge on any atom is 0.0175 e. The Morgan fingerprint density at radius 2 is 1.93 bits per heavy atom. The van der Waals surface area contributed by atoms with Crippen LogP contribution in [0.3, 0.4) is 0 Å². The Kier molecular flexibility index (Phi) is 10.2. The molecule has 15 heavy (non-hydrogen) atoms. The van der Waals surface area contributed by atoms with Gasteiger partial charge in [0.25, 0.3) is 0 Å². The molecular formula is C13H16BrN. The summed E-state index contributed by atoms with van der Waals surface area (Å²) in [6.07, 6.45) is 6.70. The molecule has 1 aromatic carbocycles. The molecule has 0 fully saturated rings. The van der Waals surface area contributed by atoms with E-state index < -0.39 is 0 Å². The van der Waals surface area contributed by atoms with E-state index in [-0.39, 0.29) is 0 Å². The third-order valence-electron chi connectivity index (χ3n) is 1.59. The number of nitrogens with one attached hydrogen (secondary N) is 1. The Balaban J connectivity index is 0.000000262. The first-order valence-corrected chi connectivity index (χ1v) is 5.66. The van der Waals surface area contributed by atoms with Crippen LogP contribution in [0.1, 0.15) is 19.3 Å². The van der Waals surface area contributed by atoms with Crippen LogP contribution in [-0.4, -0.2) is 5.87 Å². The smallest absolute Gasteiger partial charge is 0.0175 e. The standard InChI is InChI=1S/C7H11N.C6H5Br/c1-2-3-4-5-6-7-8;7-6-4-2-1-3-5-6/h2,6,8H,1,3-5H2;1-5H. The van der Waals surface area contributed by atoms with Crippen LogP contribution < -0.4 is 0 Å². The van der Waals surface area contributed by atoms with E-state index in [4.69, 9.17) is 5.41 Å². The molecule has 1 nitrogen and oxygen atoms in total. The van der Waals surface area contributed by atoms with Crippen LogP contribution in [0, 0.1) is 5.41 Å². The summed E-state index contributed by atoms with van der Waals surface area (Å²) in [5.74, 6) is 2.22. The van der Waals surface area contributed by atoms with Gasteiger partial charge in [0.05, 0.1) is 0 Å². The fourth-order valence-corrected chi connectivity index (χ4v) is 1.16. The number of halogens is 1. The molecule has 1 rings (SSSR count). The predicted molar refractivity (Wildman–Crippen MR) is 70.5 cm³/mol. The maximum atomic E-state index is 6.51. The highest BCUT2D eigenvalue weighted by molar-refractivity contribution is 9.10. The average Bonchev–Trinajstić information content (AvgIpc) is 2.27. The summed E-state index contributed by atoms with van der Waals surface area (Å²) >= 11 is 3.31. The van der Waals surface area contributed by atoms with Gasteiger partial charge in [0, 0.05) is 4.47 Å². The van der Waals surface area contributed by atoms with Crippen molar-refractivity contribution in [2.24, 2.45) is 0 Å². The lowest BCUT2D eigenvalue weighted by atomic mass is 10.2. The van der Waals surface area contributed by atoms with E-state index in [0.29, 0.717) is 0 Å². The van der Waals surface area contributed by atoms with Crippen molar-refractivity contribution >= 4 is 21.8 Å². The predicted octanol–water partition coefficient (Wildman–Crippen LogP) is 4.60. The Morgan fingerprint density at radius 1 is 1.27 bits per heavy atom. The van der Waals surface area contributed by atoms with E-state index in [9.17, 15) is 0 Å². The second-order valence-corrected chi connectivity index (χ2v) is 3.78. The third kappa shape index (κ3) is 10.8. The summed E-state index contributed by atoms with van der Waals surface area (Å²) in [5, 5.41) is 6.51. The first-order chi connectivity index (χ1) is 7.31. The van der Waals surface area contributed by atoms with E-state index in [2.05, 4.69) is 28.4 Å². The molecule has 0 atom stereocenters. The van der Waals surface area contributed by atoms with Crippen LogP contribution in [0.25, 0.3) is 0 Å². The first-order valence-electron chi connectivity index (χ1n) is 4.86. The van der Waals surface area contributed by atoms with E-state index in [1.807, 2.05) is 36.4 Å². The van der Waals surface area contributed by atoms with Gasteiger partial charge in [-0.1, -0.05) is 40.2 Å². The molecule has 0 heterocycles. The van der Waals surface area contributed by atoms with Gasteiger partial charge in [-0.2, -0.15) is 0 Å². The lowest BCUT2D eigenvalue weighted by molar-refractivity contribution is 0.873. The van der Waals surface area contributed by atoms with Gasteiger partial charge in [0.15, 0.2) is 0 Å². The van der Waals surface area contributed by atoms with Crippen molar-refractivity contribution in [3.8, 4) is 0 Å². The van der Waals surface area contributed by atoms with Gasteiger partial charge in [0.2, 0.25) is 0 Å². The van der Waals surface area contributed by atoms with Gasteiger partial charge in [0.1, 0.15) is 0 Å². The van der Waals surface area contributed by atoms with Gasteiger partial charge >= 0.3 is 0 Å². The number of rotatable bonds is 4. The van der Waals surface area contributed by atoms with E-state index in [1.54, 1.807) is 6.08 Å². The molecule has 0 saturated heterocycles. The number of hydrogen-bond acceptors (Lipinski definition) is 1. The normalized spacial score (nSPS) is 8.07. The van der Waals surface area contributed by atoms with E-state index >= 15 is 0 Å². The van der Waals surface area contributed by atoms with Gasteiger partial charge in [-0.15, -0.1) is 6.58 Å². The van der Waals surface area contributed by atoms with Crippen molar-refractivity contribution in [3.63, 3.8) is 0 Å². The van der Waals surface area contributed by atoms with Gasteiger partial charge in [-0.05, 0) is 43.3 Å². The summed E-state index contributed by atoms with van der Waals surface area (Å²) in [6.45, 7) is 3.58. The Morgan fingerprint density at radius 3 is 2.33 bits per heavy atom. The van der Waals surface area contributed by atoms with Crippen molar-refractivity contribution in [1.82, 2.24) is 0 Å². The molecule has 0 bridgehead atoms. The number of benzene rings is 1. The molecule has 80 valence electrons. The molecule has 0 aliphatic carbocycles. The van der Waals surface area contributed by atoms with Gasteiger partial charge < -0.3 is 0 Å². The molecule has 0 amide bonds. The largest absolute Gasteiger partial charge is 0.259 e. The Labute approximate surface area is 100 Å². The summed E-state index contributed by atoms with van der Waals surface area (Å²) in [5.41, 5.74) is 0. The average molecular weight is 266 g/mol. The highest BCUT2D eigenvalue weighted by Crippen LogP contribution is 2.05. The fraction of sp³-hybridized carbons (Fsp3) is 0.231. The molecular weight excluding hydrogens is 250 g/mol. The molecule has 0 saturated carbocycles. The molecule has 2 heteroatoms. The minimum atomic E-state index is 0.954. The molecule has 0 spiro atoms. The van der Waals surface area contributed by atoms with Crippen LogP contribution >= 0.6 is 15.9 Å². The zero-order valence-electron chi connectivity index (χ0n) is 8.75. The minimum absolute atomic E-state index is 0.954. The lowest BCUT2D eigenvalue weighted by Crippen LogP contribution is -1.66. The second kappa shape index (κ2) is 11.0. The fourth-order valence-electron chi connectivity index (χ4n) is 0.851. The van der Waals surface area contributed by atoms with Crippen molar-refractivity contribution in [1.29, 1.82) is 5.41 Å². The number of unbranched alkanes of at least 4 members (excludes halogenated alkanes) is 2. The topological polar surface area (TPSA) is 23.9 Å². The van der Waals surface area contributed by atoms with Gasteiger partial charge in [-0.25, -0.2) is 0 Å². The van der Waals surface area contributed by atoms with Crippen LogP contribution in [0.2, 0.25) is 0 Å². The summed E-state index contributed by atoms with van der Waals surface area (Å²) < 4.78 is 1.13. The van der Waals surface area contributed by atoms with Crippen molar-refractivity contribution in [3.05, 3.63) is 53.5 Å². The Bertz CT molecular complexity index is 300. The molecule has 1 N–H and O–H groups in total. The van der Waals surface area contributed by atoms with Crippen LogP contribution in [0.4, 0.5) is 0 Å². The number of allylic oxidation sites excluding steroid dienone is 2. The van der Waals surface area contributed by atoms with Crippen LogP contribution in [0.15, 0.2) is 53.5 Å². The van der Waals surface area contributed by atoms with Crippen molar-refractivity contribution in [2.75, 3.05) is 0 Å². The zero-order valence-corrected chi connectivity index (χ0v) is 10.3. The molecule has 1 aromatic rings. The van der Waals surface area contributed by atoms with Crippen molar-refractivity contribution < 1.29 is 0 Å². The Hall–Kier alpha value is -1.11. The summed E-state index contributed by atoms with van der Waals surface area (Å²) in [7, 11) is 0. The monoisotopic (exact) mass is 265 g/mol. The van der Waals surface area contributed by atoms with E-state index in [0.717, 1.165) is 23.7 Å². The summed E-state index contributed by atoms with van der Waals surface area (Å²) in [4.78, 5) is 0. The molecule has 0 aliphatic heterocycles. The quantitative estimate of drug-likeness (QED) is 0.468. The third-order valence-corrected chi connectivity index (χ3v) is 2.12. The SMILES string of the molecule is Brc1ccccc1.C=CCCCC=C=N. The number of hydrogen-bond donors (Lipinski definition) is 1. The zero-order chi connectivity index (χ0) is 11.4. The van der Waals surface area contributed by atoms with Gasteiger partial charge in [-0.3, -0.25) is 5.41 Å². The van der Waals surface area contributed by atoms with E-state index in [1.165, 1.54) is 0 Å². The molecule has 0 radical (unpaired) electrons. The highest BCUT2D eigenvalue weighted by atomic mass is 79.9. The molecule has 0 aliphatic rings. The second-order valence-electron chi connectivity index (χ2n) is 2.86. The van der Waals surface area contributed by atoms with Crippen LogP contribution in [0.5, 0.6) is 0 Å².